The Balaban J connectivity index is 0.00000180. The molecule has 1 saturated heterocycles. The molecule has 0 aromatic heterocycles. The first-order valence-electron chi connectivity index (χ1n) is 5.37. The average molecular weight is 301 g/mol. The second-order valence-electron chi connectivity index (χ2n) is 3.56. The topological polar surface area (TPSA) is 81.4 Å². The lowest BCUT2D eigenvalue weighted by atomic mass is 10.2. The van der Waals surface area contributed by atoms with E-state index in [1.807, 2.05) is 12.1 Å². The van der Waals surface area contributed by atoms with Gasteiger partial charge in [0.25, 0.3) is 11.1 Å². The summed E-state index contributed by atoms with van der Waals surface area (Å²) >= 11 is 0.900. The van der Waals surface area contributed by atoms with Crippen LogP contribution in [0.25, 0.3) is 6.08 Å². The first kappa shape index (κ1) is 15.6. The molecule has 0 unspecified atom stereocenters. The van der Waals surface area contributed by atoms with E-state index in [1.165, 1.54) is 0 Å². The maximum absolute atomic E-state index is 11.3. The number of hydrogen-bond acceptors (Lipinski definition) is 5. The number of halogens is 1. The number of rotatable bonds is 4. The van der Waals surface area contributed by atoms with Gasteiger partial charge in [-0.2, -0.15) is 0 Å². The van der Waals surface area contributed by atoms with Crippen molar-refractivity contribution in [3.63, 3.8) is 0 Å². The van der Waals surface area contributed by atoms with Crippen molar-refractivity contribution in [3.05, 3.63) is 34.7 Å². The second kappa shape index (κ2) is 7.18. The standard InChI is InChI=1S/C12H12N2O3S.ClH/c13-5-6-17-9-3-1-8(2-4-9)7-10-11(15)14-12(16)18-10;/h1-4,7H,5-6,13H2,(H,14,15,16);1H/b10-7+;. The Kier molecular flexibility index (Phi) is 5.88. The first-order chi connectivity index (χ1) is 8.69. The summed E-state index contributed by atoms with van der Waals surface area (Å²) in [5.74, 6) is 0.371. The molecule has 2 rings (SSSR count). The Morgan fingerprint density at radius 1 is 1.26 bits per heavy atom. The fraction of sp³-hybridized carbons (Fsp3) is 0.167. The molecule has 1 fully saturated rings. The van der Waals surface area contributed by atoms with E-state index in [1.54, 1.807) is 18.2 Å². The molecule has 19 heavy (non-hydrogen) atoms. The molecule has 1 aromatic rings. The lowest BCUT2D eigenvalue weighted by Gasteiger charge is -2.04. The van der Waals surface area contributed by atoms with Gasteiger partial charge in [-0.25, -0.2) is 0 Å². The first-order valence-corrected chi connectivity index (χ1v) is 6.18. The third-order valence-corrected chi connectivity index (χ3v) is 3.02. The Labute approximate surface area is 121 Å². The summed E-state index contributed by atoms with van der Waals surface area (Å²) in [6.07, 6.45) is 1.66. The number of hydrogen-bond donors (Lipinski definition) is 2. The van der Waals surface area contributed by atoms with E-state index in [0.29, 0.717) is 18.1 Å². The highest BCUT2D eigenvalue weighted by Crippen LogP contribution is 2.26. The van der Waals surface area contributed by atoms with Crippen LogP contribution in [0.1, 0.15) is 5.56 Å². The molecule has 3 N–H and O–H groups in total. The van der Waals surface area contributed by atoms with Gasteiger partial charge in [0.1, 0.15) is 12.4 Å². The predicted molar refractivity (Wildman–Crippen MR) is 77.3 cm³/mol. The number of carbonyl (C=O) groups is 2. The van der Waals surface area contributed by atoms with Gasteiger partial charge >= 0.3 is 0 Å². The van der Waals surface area contributed by atoms with Gasteiger partial charge in [-0.1, -0.05) is 12.1 Å². The van der Waals surface area contributed by atoms with Crippen molar-refractivity contribution in [1.82, 2.24) is 5.32 Å². The summed E-state index contributed by atoms with van der Waals surface area (Å²) in [4.78, 5) is 22.7. The van der Waals surface area contributed by atoms with Gasteiger partial charge in [0.05, 0.1) is 4.91 Å². The molecule has 2 amide bonds. The van der Waals surface area contributed by atoms with Gasteiger partial charge in [0.2, 0.25) is 0 Å². The third kappa shape index (κ3) is 4.27. The van der Waals surface area contributed by atoms with Crippen molar-refractivity contribution in [2.75, 3.05) is 13.2 Å². The van der Waals surface area contributed by atoms with Gasteiger partial charge in [-0.15, -0.1) is 12.4 Å². The minimum absolute atomic E-state index is 0. The molecule has 1 aliphatic heterocycles. The van der Waals surface area contributed by atoms with Crippen LogP contribution >= 0.6 is 24.2 Å². The van der Waals surface area contributed by atoms with Crippen LogP contribution < -0.4 is 15.8 Å². The Hall–Kier alpha value is -1.50. The number of imide groups is 1. The molecule has 0 saturated carbocycles. The molecule has 0 radical (unpaired) electrons. The molecular weight excluding hydrogens is 288 g/mol. The van der Waals surface area contributed by atoms with E-state index in [0.717, 1.165) is 23.1 Å². The highest BCUT2D eigenvalue weighted by atomic mass is 35.5. The fourth-order valence-corrected chi connectivity index (χ4v) is 2.09. The van der Waals surface area contributed by atoms with Crippen LogP contribution in [0, 0.1) is 0 Å². The van der Waals surface area contributed by atoms with Crippen molar-refractivity contribution >= 4 is 41.4 Å². The van der Waals surface area contributed by atoms with Crippen LogP contribution in [0.4, 0.5) is 4.79 Å². The summed E-state index contributed by atoms with van der Waals surface area (Å²) in [6.45, 7) is 0.928. The third-order valence-electron chi connectivity index (χ3n) is 2.21. The molecule has 102 valence electrons. The van der Waals surface area contributed by atoms with Gasteiger partial charge in [-0.3, -0.25) is 14.9 Å². The summed E-state index contributed by atoms with van der Waals surface area (Å²) in [5.41, 5.74) is 6.17. The summed E-state index contributed by atoms with van der Waals surface area (Å²) < 4.78 is 5.33. The zero-order valence-corrected chi connectivity index (χ0v) is 11.6. The zero-order chi connectivity index (χ0) is 13.0. The Bertz CT molecular complexity index is 502. The quantitative estimate of drug-likeness (QED) is 0.828. The number of carbonyl (C=O) groups excluding carboxylic acids is 2. The largest absolute Gasteiger partial charge is 0.492 e. The van der Waals surface area contributed by atoms with Crippen LogP contribution in [0.3, 0.4) is 0 Å². The van der Waals surface area contributed by atoms with E-state index in [9.17, 15) is 9.59 Å². The number of thioether (sulfide) groups is 1. The molecule has 1 heterocycles. The number of nitrogens with two attached hydrogens (primary N) is 1. The monoisotopic (exact) mass is 300 g/mol. The number of benzene rings is 1. The molecule has 0 spiro atoms. The van der Waals surface area contributed by atoms with Crippen molar-refractivity contribution in [3.8, 4) is 5.75 Å². The average Bonchev–Trinajstić information content (AvgIpc) is 2.67. The molecule has 5 nitrogen and oxygen atoms in total. The van der Waals surface area contributed by atoms with Gasteiger partial charge < -0.3 is 10.5 Å². The van der Waals surface area contributed by atoms with Gasteiger partial charge in [-0.05, 0) is 35.5 Å². The maximum atomic E-state index is 11.3. The van der Waals surface area contributed by atoms with Crippen LogP contribution in [0.5, 0.6) is 5.75 Å². The van der Waals surface area contributed by atoms with E-state index in [2.05, 4.69) is 5.32 Å². The molecular formula is C12H13ClN2O3S. The molecule has 7 heteroatoms. The van der Waals surface area contributed by atoms with Crippen molar-refractivity contribution in [2.24, 2.45) is 5.73 Å². The lowest BCUT2D eigenvalue weighted by molar-refractivity contribution is -0.115. The van der Waals surface area contributed by atoms with Gasteiger partial charge in [0, 0.05) is 6.54 Å². The van der Waals surface area contributed by atoms with Crippen LogP contribution in [-0.4, -0.2) is 24.3 Å². The second-order valence-corrected chi connectivity index (χ2v) is 4.57. The van der Waals surface area contributed by atoms with Crippen molar-refractivity contribution < 1.29 is 14.3 Å². The van der Waals surface area contributed by atoms with Crippen molar-refractivity contribution in [1.29, 1.82) is 0 Å². The van der Waals surface area contributed by atoms with Gasteiger partial charge in [0.15, 0.2) is 0 Å². The fourth-order valence-electron chi connectivity index (χ4n) is 1.41. The molecule has 0 atom stereocenters. The summed E-state index contributed by atoms with van der Waals surface area (Å²) in [7, 11) is 0. The lowest BCUT2D eigenvalue weighted by Crippen LogP contribution is -2.17. The van der Waals surface area contributed by atoms with Crippen LogP contribution in [-0.2, 0) is 4.79 Å². The van der Waals surface area contributed by atoms with E-state index in [-0.39, 0.29) is 23.6 Å². The summed E-state index contributed by atoms with van der Waals surface area (Å²) in [5, 5.41) is 1.87. The van der Waals surface area contributed by atoms with E-state index >= 15 is 0 Å². The van der Waals surface area contributed by atoms with Crippen LogP contribution in [0.15, 0.2) is 29.2 Å². The zero-order valence-electron chi connectivity index (χ0n) is 9.92. The number of ether oxygens (including phenoxy) is 1. The molecule has 1 aliphatic rings. The SMILES string of the molecule is Cl.NCCOc1ccc(/C=C2/SC(=O)NC2=O)cc1. The Morgan fingerprint density at radius 2 is 1.95 bits per heavy atom. The highest BCUT2D eigenvalue weighted by Gasteiger charge is 2.24. The molecule has 0 aliphatic carbocycles. The number of nitrogens with one attached hydrogen (secondary N) is 1. The smallest absolute Gasteiger partial charge is 0.290 e. The minimum Gasteiger partial charge on any atom is -0.492 e. The predicted octanol–water partition coefficient (Wildman–Crippen LogP) is 1.77. The van der Waals surface area contributed by atoms with E-state index < -0.39 is 0 Å². The number of amides is 2. The van der Waals surface area contributed by atoms with E-state index in [4.69, 9.17) is 10.5 Å². The van der Waals surface area contributed by atoms with Crippen LogP contribution in [0.2, 0.25) is 0 Å². The highest BCUT2D eigenvalue weighted by molar-refractivity contribution is 8.18. The normalized spacial score (nSPS) is 16.2. The molecule has 1 aromatic carbocycles. The molecule has 0 bridgehead atoms. The summed E-state index contributed by atoms with van der Waals surface area (Å²) in [6, 6.07) is 7.22. The Morgan fingerprint density at radius 3 is 2.47 bits per heavy atom. The van der Waals surface area contributed by atoms with Crippen molar-refractivity contribution in [2.45, 2.75) is 0 Å². The maximum Gasteiger partial charge on any atom is 0.290 e. The minimum atomic E-state index is -0.353.